The Kier molecular flexibility index (Phi) is 7.67. The summed E-state index contributed by atoms with van der Waals surface area (Å²) in [5, 5.41) is 14.3. The van der Waals surface area contributed by atoms with Gasteiger partial charge < -0.3 is 31.9 Å². The van der Waals surface area contributed by atoms with Crippen molar-refractivity contribution in [3.8, 4) is 0 Å². The minimum Gasteiger partial charge on any atom is -0.444 e. The highest BCUT2D eigenvalue weighted by atomic mass is 16.6. The van der Waals surface area contributed by atoms with Crippen LogP contribution in [0.25, 0.3) is 0 Å². The molecular formula is C12H24N4O5. The summed E-state index contributed by atoms with van der Waals surface area (Å²) in [5.74, 6) is -1.30. The Morgan fingerprint density at radius 3 is 2.19 bits per heavy atom. The van der Waals surface area contributed by atoms with Crippen LogP contribution in [-0.2, 0) is 14.3 Å². The van der Waals surface area contributed by atoms with Crippen molar-refractivity contribution >= 4 is 17.9 Å². The average Bonchev–Trinajstić information content (AvgIpc) is 2.31. The van der Waals surface area contributed by atoms with Crippen LogP contribution in [-0.4, -0.2) is 53.9 Å². The minimum atomic E-state index is -1.07. The zero-order chi connectivity index (χ0) is 16.6. The van der Waals surface area contributed by atoms with Crippen LogP contribution in [0.4, 0.5) is 4.79 Å². The summed E-state index contributed by atoms with van der Waals surface area (Å²) in [6.07, 6.45) is -1.92. The quantitative estimate of drug-likeness (QED) is 0.373. The van der Waals surface area contributed by atoms with Crippen molar-refractivity contribution in [3.05, 3.63) is 0 Å². The van der Waals surface area contributed by atoms with Crippen molar-refractivity contribution in [2.45, 2.75) is 44.9 Å². The number of hydrogen-bond donors (Lipinski definition) is 5. The fourth-order valence-electron chi connectivity index (χ4n) is 1.19. The average molecular weight is 304 g/mol. The van der Waals surface area contributed by atoms with Gasteiger partial charge in [-0.15, -0.1) is 0 Å². The molecule has 0 aliphatic heterocycles. The maximum absolute atomic E-state index is 11.4. The molecule has 7 N–H and O–H groups in total. The van der Waals surface area contributed by atoms with Crippen molar-refractivity contribution in [2.75, 3.05) is 13.1 Å². The number of nitrogens with two attached hydrogens (primary N) is 2. The summed E-state index contributed by atoms with van der Waals surface area (Å²) in [4.78, 5) is 33.4. The van der Waals surface area contributed by atoms with E-state index in [0.717, 1.165) is 0 Å². The van der Waals surface area contributed by atoms with Crippen molar-refractivity contribution in [2.24, 2.45) is 11.5 Å². The number of aliphatic hydroxyl groups excluding tert-OH is 1. The zero-order valence-corrected chi connectivity index (χ0v) is 12.5. The highest BCUT2D eigenvalue weighted by Gasteiger charge is 2.18. The Hall–Kier alpha value is -1.87. The largest absolute Gasteiger partial charge is 0.444 e. The predicted octanol–water partition coefficient (Wildman–Crippen LogP) is -1.81. The molecule has 0 spiro atoms. The Bertz CT molecular complexity index is 380. The molecule has 3 amide bonds. The van der Waals surface area contributed by atoms with Gasteiger partial charge in [-0.1, -0.05) is 0 Å². The monoisotopic (exact) mass is 304 g/mol. The van der Waals surface area contributed by atoms with Crippen molar-refractivity contribution in [3.63, 3.8) is 0 Å². The number of ether oxygens (including phenoxy) is 1. The first kappa shape index (κ1) is 19.1. The number of rotatable bonds is 7. The van der Waals surface area contributed by atoms with Gasteiger partial charge in [-0.25, -0.2) is 4.79 Å². The van der Waals surface area contributed by atoms with Gasteiger partial charge in [0.1, 0.15) is 5.60 Å². The van der Waals surface area contributed by atoms with Gasteiger partial charge in [-0.05, 0) is 20.8 Å². The molecule has 0 radical (unpaired) electrons. The van der Waals surface area contributed by atoms with E-state index in [-0.39, 0.29) is 19.5 Å². The van der Waals surface area contributed by atoms with Crippen LogP contribution in [0.15, 0.2) is 0 Å². The lowest BCUT2D eigenvalue weighted by atomic mass is 10.2. The van der Waals surface area contributed by atoms with Crippen molar-refractivity contribution in [1.82, 2.24) is 10.6 Å². The van der Waals surface area contributed by atoms with E-state index in [1.54, 1.807) is 20.8 Å². The van der Waals surface area contributed by atoms with Crippen molar-refractivity contribution in [1.29, 1.82) is 0 Å². The van der Waals surface area contributed by atoms with E-state index < -0.39 is 35.7 Å². The standard InChI is InChI=1S/C12H24N4O5/c1-12(2,3)21-11(20)16-6-7(17)5-15-9(18)4-8(13)10(14)19/h7-8,17H,4-6,13H2,1-3H3,(H2,14,19)(H,15,18)(H,16,20)/t7?,8-/m0/s1. The molecule has 0 aromatic heterocycles. The lowest BCUT2D eigenvalue weighted by molar-refractivity contribution is -0.126. The number of carbonyl (C=O) groups is 3. The molecule has 0 saturated carbocycles. The number of hydrogen-bond acceptors (Lipinski definition) is 6. The van der Waals surface area contributed by atoms with Gasteiger partial charge in [0.2, 0.25) is 11.8 Å². The van der Waals surface area contributed by atoms with Gasteiger partial charge in [0.05, 0.1) is 18.6 Å². The summed E-state index contributed by atoms with van der Waals surface area (Å²) >= 11 is 0. The molecule has 9 nitrogen and oxygen atoms in total. The first-order chi connectivity index (χ1) is 9.51. The van der Waals surface area contributed by atoms with E-state index in [1.807, 2.05) is 0 Å². The topological polar surface area (TPSA) is 157 Å². The molecule has 0 fully saturated rings. The fraction of sp³-hybridized carbons (Fsp3) is 0.750. The molecule has 0 aliphatic rings. The summed E-state index contributed by atoms with van der Waals surface area (Å²) in [6, 6.07) is -1.07. The lowest BCUT2D eigenvalue weighted by Gasteiger charge is -2.20. The molecule has 2 atom stereocenters. The molecule has 0 saturated heterocycles. The Balaban J connectivity index is 3.90. The number of primary amides is 1. The van der Waals surface area contributed by atoms with E-state index in [9.17, 15) is 19.5 Å². The molecule has 0 bridgehead atoms. The number of alkyl carbamates (subject to hydrolysis) is 1. The number of carbonyl (C=O) groups excluding carboxylic acids is 3. The highest BCUT2D eigenvalue weighted by Crippen LogP contribution is 2.06. The van der Waals surface area contributed by atoms with E-state index in [2.05, 4.69) is 10.6 Å². The summed E-state index contributed by atoms with van der Waals surface area (Å²) in [5.41, 5.74) is 9.60. The maximum atomic E-state index is 11.4. The first-order valence-corrected chi connectivity index (χ1v) is 6.47. The van der Waals surface area contributed by atoms with Gasteiger partial charge in [0, 0.05) is 13.1 Å². The third-order valence-electron chi connectivity index (χ3n) is 2.19. The van der Waals surface area contributed by atoms with Gasteiger partial charge in [0.25, 0.3) is 0 Å². The van der Waals surface area contributed by atoms with Crippen molar-refractivity contribution < 1.29 is 24.2 Å². The van der Waals surface area contributed by atoms with Gasteiger partial charge in [-0.3, -0.25) is 9.59 Å². The van der Waals surface area contributed by atoms with Crippen LogP contribution >= 0.6 is 0 Å². The molecule has 122 valence electrons. The van der Waals surface area contributed by atoms with E-state index >= 15 is 0 Å². The Morgan fingerprint density at radius 1 is 1.19 bits per heavy atom. The normalized spacial score (nSPS) is 14.0. The molecule has 21 heavy (non-hydrogen) atoms. The van der Waals surface area contributed by atoms with E-state index in [4.69, 9.17) is 16.2 Å². The smallest absolute Gasteiger partial charge is 0.407 e. The van der Waals surface area contributed by atoms with Gasteiger partial charge in [-0.2, -0.15) is 0 Å². The molecule has 1 unspecified atom stereocenters. The number of aliphatic hydroxyl groups is 1. The molecule has 9 heteroatoms. The van der Waals surface area contributed by atoms with E-state index in [1.165, 1.54) is 0 Å². The highest BCUT2D eigenvalue weighted by molar-refractivity contribution is 5.87. The lowest BCUT2D eigenvalue weighted by Crippen LogP contribution is -2.44. The SMILES string of the molecule is CC(C)(C)OC(=O)NCC(O)CNC(=O)C[C@H](N)C(N)=O. The third kappa shape index (κ3) is 10.6. The molecule has 0 aromatic carbocycles. The third-order valence-corrected chi connectivity index (χ3v) is 2.19. The van der Waals surface area contributed by atoms with Crippen LogP contribution in [0.1, 0.15) is 27.2 Å². The van der Waals surface area contributed by atoms with Crippen LogP contribution in [0.5, 0.6) is 0 Å². The number of amides is 3. The summed E-state index contributed by atoms with van der Waals surface area (Å²) in [6.45, 7) is 4.96. The second-order valence-electron chi connectivity index (χ2n) is 5.55. The Labute approximate surface area is 123 Å². The van der Waals surface area contributed by atoms with Crippen LogP contribution in [0.3, 0.4) is 0 Å². The zero-order valence-electron chi connectivity index (χ0n) is 12.5. The molecular weight excluding hydrogens is 280 g/mol. The predicted molar refractivity (Wildman–Crippen MR) is 75.0 cm³/mol. The fourth-order valence-corrected chi connectivity index (χ4v) is 1.19. The maximum Gasteiger partial charge on any atom is 0.407 e. The minimum absolute atomic E-state index is 0.0862. The second-order valence-corrected chi connectivity index (χ2v) is 5.55. The molecule has 0 rings (SSSR count). The summed E-state index contributed by atoms with van der Waals surface area (Å²) < 4.78 is 4.98. The number of nitrogens with one attached hydrogen (secondary N) is 2. The summed E-state index contributed by atoms with van der Waals surface area (Å²) in [7, 11) is 0. The van der Waals surface area contributed by atoms with Gasteiger partial charge in [0.15, 0.2) is 0 Å². The van der Waals surface area contributed by atoms with Gasteiger partial charge >= 0.3 is 6.09 Å². The van der Waals surface area contributed by atoms with Crippen LogP contribution in [0, 0.1) is 0 Å². The molecule has 0 aliphatic carbocycles. The molecule has 0 heterocycles. The second kappa shape index (κ2) is 8.42. The Morgan fingerprint density at radius 2 is 1.71 bits per heavy atom. The van der Waals surface area contributed by atoms with E-state index in [0.29, 0.717) is 0 Å². The molecule has 0 aromatic rings. The first-order valence-electron chi connectivity index (χ1n) is 6.47. The van der Waals surface area contributed by atoms with Crippen LogP contribution < -0.4 is 22.1 Å². The van der Waals surface area contributed by atoms with Crippen LogP contribution in [0.2, 0.25) is 0 Å².